The molecule has 35 heavy (non-hydrogen) atoms. The van der Waals surface area contributed by atoms with Crippen LogP contribution in [-0.4, -0.2) is 62.1 Å². The second kappa shape index (κ2) is 13.5. The van der Waals surface area contributed by atoms with E-state index in [1.54, 1.807) is 0 Å². The monoisotopic (exact) mass is 508 g/mol. The number of rotatable bonds is 9. The third-order valence-corrected chi connectivity index (χ3v) is 4.62. The van der Waals surface area contributed by atoms with Crippen molar-refractivity contribution >= 4 is 47.4 Å². The van der Waals surface area contributed by atoms with Crippen molar-refractivity contribution in [1.29, 1.82) is 0 Å². The predicted molar refractivity (Wildman–Crippen MR) is 121 cm³/mol. The van der Waals surface area contributed by atoms with Crippen molar-refractivity contribution in [1.82, 2.24) is 0 Å². The third kappa shape index (κ3) is 8.23. The van der Waals surface area contributed by atoms with Gasteiger partial charge in [0.15, 0.2) is 0 Å². The first-order valence-corrected chi connectivity index (χ1v) is 10.5. The Labute approximate surface area is 203 Å². The normalized spacial score (nSPS) is 9.89. The van der Waals surface area contributed by atoms with Gasteiger partial charge in [0.2, 0.25) is 0 Å². The van der Waals surface area contributed by atoms with Crippen molar-refractivity contribution in [2.24, 2.45) is 0 Å². The van der Waals surface area contributed by atoms with Crippen molar-refractivity contribution < 1.29 is 53.9 Å². The quantitative estimate of drug-likeness (QED) is 0.166. The Morgan fingerprint density at radius 3 is 1.31 bits per heavy atom. The summed E-state index contributed by atoms with van der Waals surface area (Å²) in [6.45, 7) is 2.17. The highest BCUT2D eigenvalue weighted by Gasteiger charge is 2.26. The van der Waals surface area contributed by atoms with E-state index in [-0.39, 0.29) is 0 Å². The van der Waals surface area contributed by atoms with E-state index in [9.17, 15) is 28.8 Å². The standard InChI is InChI=1S/C18H10O11.C5H11Cl/c19-13(20)7-1-3-9(11(5-7)15(23)24)17(27)29-18(28)10-4-2-8(14(21)22)6-12(10)16(25)26;1-2-3-4-5-6/h1-6H,(H,19,20)(H,21,22)(H,23,24)(H,25,26);2-5H2,1H3. The molecular weight excluding hydrogens is 488 g/mol. The van der Waals surface area contributed by atoms with Gasteiger partial charge in [-0.2, -0.15) is 0 Å². The molecule has 0 bridgehead atoms. The van der Waals surface area contributed by atoms with Gasteiger partial charge in [-0.05, 0) is 42.8 Å². The lowest BCUT2D eigenvalue weighted by atomic mass is 10.0. The number of carbonyl (C=O) groups is 6. The van der Waals surface area contributed by atoms with Crippen molar-refractivity contribution in [2.75, 3.05) is 5.88 Å². The molecule has 2 aromatic carbocycles. The zero-order valence-corrected chi connectivity index (χ0v) is 19.1. The minimum Gasteiger partial charge on any atom is -0.478 e. The van der Waals surface area contributed by atoms with E-state index in [1.807, 2.05) is 0 Å². The van der Waals surface area contributed by atoms with Crippen molar-refractivity contribution in [3.8, 4) is 0 Å². The topological polar surface area (TPSA) is 193 Å². The number of hydrogen-bond acceptors (Lipinski definition) is 7. The minimum absolute atomic E-state index is 0.428. The van der Waals surface area contributed by atoms with Crippen molar-refractivity contribution in [2.45, 2.75) is 26.2 Å². The number of ether oxygens (including phenoxy) is 1. The molecule has 0 unspecified atom stereocenters. The smallest absolute Gasteiger partial charge is 0.346 e. The van der Waals surface area contributed by atoms with Gasteiger partial charge < -0.3 is 25.2 Å². The second-order valence-electron chi connectivity index (χ2n) is 6.81. The summed E-state index contributed by atoms with van der Waals surface area (Å²) >= 11 is 5.38. The molecule has 0 aliphatic carbocycles. The van der Waals surface area contributed by atoms with E-state index in [2.05, 4.69) is 11.7 Å². The average Bonchev–Trinajstić information content (AvgIpc) is 2.81. The number of benzene rings is 2. The summed E-state index contributed by atoms with van der Waals surface area (Å²) in [6.07, 6.45) is 3.73. The zero-order valence-electron chi connectivity index (χ0n) is 18.3. The molecule has 2 aromatic rings. The maximum atomic E-state index is 12.2. The fraction of sp³-hybridized carbons (Fsp3) is 0.217. The number of hydrogen-bond donors (Lipinski definition) is 4. The van der Waals surface area contributed by atoms with E-state index in [4.69, 9.17) is 32.0 Å². The van der Waals surface area contributed by atoms with Gasteiger partial charge in [-0.15, -0.1) is 11.6 Å². The molecule has 0 heterocycles. The predicted octanol–water partition coefficient (Wildman–Crippen LogP) is 3.89. The maximum absolute atomic E-state index is 12.2. The molecule has 0 saturated heterocycles. The molecule has 186 valence electrons. The summed E-state index contributed by atoms with van der Waals surface area (Å²) in [7, 11) is 0. The summed E-state index contributed by atoms with van der Waals surface area (Å²) in [5.41, 5.74) is -3.64. The number of aromatic carboxylic acids is 4. The van der Waals surface area contributed by atoms with Crippen molar-refractivity contribution in [3.63, 3.8) is 0 Å². The number of esters is 2. The third-order valence-electron chi connectivity index (χ3n) is 4.36. The van der Waals surface area contributed by atoms with Crippen LogP contribution in [0.1, 0.15) is 88.3 Å². The van der Waals surface area contributed by atoms with Gasteiger partial charge in [-0.3, -0.25) is 0 Å². The lowest BCUT2D eigenvalue weighted by Gasteiger charge is -2.09. The van der Waals surface area contributed by atoms with Gasteiger partial charge >= 0.3 is 35.8 Å². The van der Waals surface area contributed by atoms with Crippen LogP contribution in [0.5, 0.6) is 0 Å². The van der Waals surface area contributed by atoms with Crippen LogP contribution in [0, 0.1) is 0 Å². The maximum Gasteiger partial charge on any atom is 0.346 e. The van der Waals surface area contributed by atoms with Crippen LogP contribution >= 0.6 is 11.6 Å². The highest BCUT2D eigenvalue weighted by Crippen LogP contribution is 2.18. The van der Waals surface area contributed by atoms with Crippen LogP contribution in [0.15, 0.2) is 36.4 Å². The Kier molecular flexibility index (Phi) is 11.1. The second-order valence-corrected chi connectivity index (χ2v) is 7.19. The van der Waals surface area contributed by atoms with Crippen LogP contribution in [0.4, 0.5) is 0 Å². The average molecular weight is 509 g/mol. The zero-order chi connectivity index (χ0) is 26.7. The Bertz CT molecular complexity index is 1060. The fourth-order valence-electron chi connectivity index (χ4n) is 2.60. The van der Waals surface area contributed by atoms with Crippen molar-refractivity contribution in [3.05, 3.63) is 69.8 Å². The highest BCUT2D eigenvalue weighted by atomic mass is 35.5. The molecule has 2 rings (SSSR count). The molecule has 4 N–H and O–H groups in total. The summed E-state index contributed by atoms with van der Waals surface area (Å²) in [4.78, 5) is 68.8. The molecular formula is C23H21ClO11. The SMILES string of the molecule is CCCCCCl.O=C(O)c1ccc(C(=O)OC(=O)c2ccc(C(=O)O)cc2C(=O)O)c(C(=O)O)c1. The molecule has 0 spiro atoms. The van der Waals surface area contributed by atoms with Crippen LogP contribution in [0.2, 0.25) is 0 Å². The van der Waals surface area contributed by atoms with E-state index < -0.39 is 69.2 Å². The Hall–Kier alpha value is -4.25. The number of carboxylic acids is 4. The fourth-order valence-corrected chi connectivity index (χ4v) is 2.79. The number of halogens is 1. The van der Waals surface area contributed by atoms with Crippen LogP contribution in [0.25, 0.3) is 0 Å². The number of unbranched alkanes of at least 4 members (excludes halogenated alkanes) is 2. The van der Waals surface area contributed by atoms with Crippen LogP contribution < -0.4 is 0 Å². The first-order chi connectivity index (χ1) is 16.4. The van der Waals surface area contributed by atoms with E-state index in [0.29, 0.717) is 12.1 Å². The Morgan fingerprint density at radius 2 is 1.06 bits per heavy atom. The van der Waals surface area contributed by atoms with E-state index in [0.717, 1.165) is 30.1 Å². The van der Waals surface area contributed by atoms with E-state index in [1.165, 1.54) is 19.3 Å². The molecule has 0 aromatic heterocycles. The lowest BCUT2D eigenvalue weighted by Crippen LogP contribution is -2.19. The molecule has 0 saturated carbocycles. The van der Waals surface area contributed by atoms with Crippen LogP contribution in [-0.2, 0) is 4.74 Å². The summed E-state index contributed by atoms with van der Waals surface area (Å²) in [6, 6.07) is 4.87. The van der Waals surface area contributed by atoms with Gasteiger partial charge in [-0.1, -0.05) is 19.8 Å². The van der Waals surface area contributed by atoms with Gasteiger partial charge in [0, 0.05) is 5.88 Å². The lowest BCUT2D eigenvalue weighted by molar-refractivity contribution is 0.0385. The molecule has 0 atom stereocenters. The van der Waals surface area contributed by atoms with Gasteiger partial charge in [0.05, 0.1) is 33.4 Å². The Balaban J connectivity index is 0.000000905. The molecule has 12 heteroatoms. The molecule has 0 amide bonds. The van der Waals surface area contributed by atoms with Crippen LogP contribution in [0.3, 0.4) is 0 Å². The highest BCUT2D eigenvalue weighted by molar-refractivity contribution is 6.17. The molecule has 11 nitrogen and oxygen atoms in total. The minimum atomic E-state index is -1.66. The van der Waals surface area contributed by atoms with Gasteiger partial charge in [0.1, 0.15) is 0 Å². The molecule has 0 aliphatic rings. The number of carbonyl (C=O) groups excluding carboxylic acids is 2. The first-order valence-electron chi connectivity index (χ1n) is 9.98. The van der Waals surface area contributed by atoms with Gasteiger partial charge in [0.25, 0.3) is 0 Å². The summed E-state index contributed by atoms with van der Waals surface area (Å²) in [5, 5.41) is 36.1. The molecule has 0 fully saturated rings. The first kappa shape index (κ1) is 28.8. The molecule has 0 aliphatic heterocycles. The van der Waals surface area contributed by atoms with Gasteiger partial charge in [-0.25, -0.2) is 28.8 Å². The number of alkyl halides is 1. The van der Waals surface area contributed by atoms with E-state index >= 15 is 0 Å². The largest absolute Gasteiger partial charge is 0.478 e. The Morgan fingerprint density at radius 1 is 0.657 bits per heavy atom. The summed E-state index contributed by atoms with van der Waals surface area (Å²) in [5.74, 6) is -8.34. The summed E-state index contributed by atoms with van der Waals surface area (Å²) < 4.78 is 4.51. The number of carboxylic acid groups (broad SMARTS) is 4. The molecule has 0 radical (unpaired) electrons.